The van der Waals surface area contributed by atoms with Crippen LogP contribution in [-0.2, 0) is 35.6 Å². The van der Waals surface area contributed by atoms with Crippen LogP contribution < -0.4 is 20.1 Å². The zero-order valence-electron chi connectivity index (χ0n) is 39.3. The third kappa shape index (κ3) is 9.43. The van der Waals surface area contributed by atoms with Gasteiger partial charge in [-0.1, -0.05) is 66.2 Å². The molecule has 0 unspecified atom stereocenters. The van der Waals surface area contributed by atoms with E-state index in [0.717, 1.165) is 40.1 Å². The normalized spacial score (nSPS) is 25.3. The summed E-state index contributed by atoms with van der Waals surface area (Å²) in [5, 5.41) is 6.58. The van der Waals surface area contributed by atoms with Crippen molar-refractivity contribution in [2.75, 3.05) is 6.54 Å². The minimum atomic E-state index is -4.10. The van der Waals surface area contributed by atoms with Gasteiger partial charge in [0.1, 0.15) is 39.9 Å². The molecule has 1 saturated heterocycles. The lowest BCUT2D eigenvalue weighted by molar-refractivity contribution is -0.143. The van der Waals surface area contributed by atoms with Crippen molar-refractivity contribution in [3.63, 3.8) is 0 Å². The molecule has 0 radical (unpaired) electrons. The van der Waals surface area contributed by atoms with E-state index >= 15 is 0 Å². The van der Waals surface area contributed by atoms with Crippen LogP contribution in [-0.4, -0.2) is 92.3 Å². The molecule has 5 atom stereocenters. The topological polar surface area (TPSA) is 191 Å². The van der Waals surface area contributed by atoms with Crippen molar-refractivity contribution in [3.8, 4) is 16.6 Å². The van der Waals surface area contributed by atoms with E-state index in [0.29, 0.717) is 38.1 Å². The molecule has 7 rings (SSSR count). The number of hydrogen-bond donors (Lipinski definition) is 3. The molecule has 15 nitrogen and oxygen atoms in total. The van der Waals surface area contributed by atoms with Gasteiger partial charge in [0, 0.05) is 22.9 Å². The summed E-state index contributed by atoms with van der Waals surface area (Å²) in [6.07, 6.45) is 6.73. The second-order valence-electron chi connectivity index (χ2n) is 20.9. The summed E-state index contributed by atoms with van der Waals surface area (Å²) in [5.74, 6) is -2.05. The number of amides is 4. The molecule has 4 aliphatic rings. The van der Waals surface area contributed by atoms with Gasteiger partial charge in [-0.15, -0.1) is 11.3 Å². The number of benzene rings is 1. The quantitative estimate of drug-likeness (QED) is 0.214. The maximum Gasteiger partial charge on any atom is 0.408 e. The Balaban J connectivity index is 1.31. The Labute approximate surface area is 382 Å². The van der Waals surface area contributed by atoms with E-state index in [9.17, 15) is 27.6 Å². The molecule has 17 heteroatoms. The van der Waals surface area contributed by atoms with E-state index < -0.39 is 73.3 Å². The molecule has 6 bridgehead atoms. The number of hydrogen-bond acceptors (Lipinski definition) is 11. The number of imidazole rings is 1. The molecule has 4 amide bonds. The van der Waals surface area contributed by atoms with E-state index in [-0.39, 0.29) is 37.3 Å². The number of carbonyl (C=O) groups is 4. The molecule has 2 aliphatic heterocycles. The Bertz CT molecular complexity index is 2440. The highest BCUT2D eigenvalue weighted by Crippen LogP contribution is 2.50. The molecule has 3 aromatic rings. The number of sulfonamides is 1. The Hall–Kier alpha value is -4.51. The number of thiazole rings is 1. The van der Waals surface area contributed by atoms with Gasteiger partial charge in [0.15, 0.2) is 0 Å². The zero-order chi connectivity index (χ0) is 46.7. The lowest BCUT2D eigenvalue weighted by Gasteiger charge is -2.36. The number of aryl methyl sites for hydroxylation is 1. The first-order valence-corrected chi connectivity index (χ1v) is 25.2. The highest BCUT2D eigenvalue weighted by molar-refractivity contribution is 7.91. The lowest BCUT2D eigenvalue weighted by Crippen LogP contribution is -2.60. The fourth-order valence-corrected chi connectivity index (χ4v) is 12.2. The molecule has 4 heterocycles. The zero-order valence-corrected chi connectivity index (χ0v) is 40.9. The first-order chi connectivity index (χ1) is 29.9. The number of carbonyl (C=O) groups excluding carboxylic acids is 4. The highest BCUT2D eigenvalue weighted by Gasteiger charge is 2.64. The maximum atomic E-state index is 14.9. The fraction of sp³-hybridized carbons (Fsp3) is 0.660. The van der Waals surface area contributed by atoms with Gasteiger partial charge < -0.3 is 25.0 Å². The molecule has 64 heavy (non-hydrogen) atoms. The van der Waals surface area contributed by atoms with Gasteiger partial charge in [-0.2, -0.15) is 4.98 Å². The van der Waals surface area contributed by atoms with E-state index in [1.807, 2.05) is 70.4 Å². The first-order valence-electron chi connectivity index (χ1n) is 22.9. The van der Waals surface area contributed by atoms with Crippen LogP contribution in [0.2, 0.25) is 0 Å². The standard InChI is InChI=1S/C47H67N7O8S2/c1-12-29-25-47(29)41(57)52-64(59,60)46(22-23-46)21-16-14-13-15-20-34-35(27(2)3)48-39(63-34)31-18-17-19-32-36(31)49-42(54(32)28(4)5)61-30-24-33(38(55)51-47)53(26-30)40(56)37(44(6,7)8)50-43(58)62-45(9,10)11/h13-14,17-19,27-30,33,37H,12,15-16,20-26H2,1-11H3,(H,50,58)(H,51,55)(H,52,57)/t29-,30-,33+,37-,47-/m1/s1. The molecule has 3 N–H and O–H groups in total. The Morgan fingerprint density at radius 3 is 2.34 bits per heavy atom. The average Bonchev–Trinajstić information content (AvgIpc) is 3.96. The van der Waals surface area contributed by atoms with Crippen molar-refractivity contribution in [1.29, 1.82) is 0 Å². The monoisotopic (exact) mass is 921 g/mol. The van der Waals surface area contributed by atoms with E-state index in [2.05, 4.69) is 35.3 Å². The lowest BCUT2D eigenvalue weighted by atomic mass is 9.85. The number of aromatic nitrogens is 3. The molecular formula is C47H67N7O8S2. The van der Waals surface area contributed by atoms with Gasteiger partial charge in [-0.3, -0.25) is 23.7 Å². The summed E-state index contributed by atoms with van der Waals surface area (Å²) >= 11 is 1.65. The summed E-state index contributed by atoms with van der Waals surface area (Å²) in [6, 6.07) is 3.98. The van der Waals surface area contributed by atoms with Gasteiger partial charge in [-0.25, -0.2) is 18.2 Å². The second kappa shape index (κ2) is 17.4. The van der Waals surface area contributed by atoms with Crippen molar-refractivity contribution in [2.24, 2.45) is 11.3 Å². The number of rotatable bonds is 5. The van der Waals surface area contributed by atoms with Crippen LogP contribution in [0.4, 0.5) is 4.79 Å². The van der Waals surface area contributed by atoms with E-state index in [4.69, 9.17) is 19.4 Å². The van der Waals surface area contributed by atoms with Crippen LogP contribution >= 0.6 is 11.3 Å². The maximum absolute atomic E-state index is 14.9. The number of nitrogens with zero attached hydrogens (tertiary/aromatic N) is 4. The third-order valence-electron chi connectivity index (χ3n) is 13.0. The molecule has 3 fully saturated rings. The van der Waals surface area contributed by atoms with Crippen molar-refractivity contribution in [2.45, 2.75) is 180 Å². The van der Waals surface area contributed by atoms with E-state index in [1.54, 1.807) is 32.1 Å². The summed E-state index contributed by atoms with van der Waals surface area (Å²) < 4.78 is 43.7. The largest absolute Gasteiger partial charge is 0.459 e. The number of allylic oxidation sites excluding steroid dienone is 2. The average molecular weight is 922 g/mol. The van der Waals surface area contributed by atoms with Crippen LogP contribution in [0.15, 0.2) is 30.4 Å². The smallest absolute Gasteiger partial charge is 0.408 e. The van der Waals surface area contributed by atoms with Crippen LogP contribution in [0.25, 0.3) is 21.6 Å². The number of alkyl carbamates (subject to hydrolysis) is 1. The van der Waals surface area contributed by atoms with Crippen LogP contribution in [0.1, 0.15) is 150 Å². The number of likely N-dealkylation sites (tertiary alicyclic amines) is 1. The van der Waals surface area contributed by atoms with Crippen molar-refractivity contribution in [3.05, 3.63) is 40.9 Å². The van der Waals surface area contributed by atoms with Gasteiger partial charge in [0.05, 0.1) is 22.5 Å². The number of ether oxygens (including phenoxy) is 2. The Kier molecular flexibility index (Phi) is 12.9. The third-order valence-corrected chi connectivity index (χ3v) is 16.4. The molecule has 2 aliphatic carbocycles. The highest BCUT2D eigenvalue weighted by atomic mass is 32.2. The number of para-hydroxylation sites is 1. The molecule has 1 aromatic carbocycles. The van der Waals surface area contributed by atoms with Crippen LogP contribution in [0, 0.1) is 11.3 Å². The van der Waals surface area contributed by atoms with Gasteiger partial charge in [-0.05, 0) is 109 Å². The molecule has 2 saturated carbocycles. The van der Waals surface area contributed by atoms with E-state index in [1.165, 1.54) is 9.78 Å². The van der Waals surface area contributed by atoms with Gasteiger partial charge in [0.25, 0.3) is 11.9 Å². The van der Waals surface area contributed by atoms with Crippen molar-refractivity contribution in [1.82, 2.24) is 34.8 Å². The van der Waals surface area contributed by atoms with Crippen LogP contribution in [0.5, 0.6) is 6.01 Å². The first kappa shape index (κ1) is 47.5. The molecular weight excluding hydrogens is 855 g/mol. The minimum Gasteiger partial charge on any atom is -0.459 e. The SMILES string of the molecule is CC[C@@H]1C[C@@]12NC(=O)[C@@H]1C[C@H](CN1C(=O)[C@@H](NC(=O)OC(C)(C)C)C(C)(C)C)Oc1nc3c(cccc3n1C(C)C)-c1nc(C(C)C)c(s1)CCC=CCCC1(CC1)S(=O)(=O)NC2=O. The summed E-state index contributed by atoms with van der Waals surface area (Å²) in [6.45, 7) is 20.8. The van der Waals surface area contributed by atoms with Crippen molar-refractivity contribution < 1.29 is 37.1 Å². The van der Waals surface area contributed by atoms with Crippen LogP contribution in [0.3, 0.4) is 0 Å². The molecule has 350 valence electrons. The van der Waals surface area contributed by atoms with Gasteiger partial charge in [0.2, 0.25) is 21.8 Å². The van der Waals surface area contributed by atoms with Gasteiger partial charge >= 0.3 is 6.09 Å². The fourth-order valence-electron chi connectivity index (χ4n) is 9.25. The molecule has 2 spiro atoms. The number of fused-ring (bicyclic) bond motifs is 6. The number of nitrogens with one attached hydrogen (secondary N) is 3. The predicted molar refractivity (Wildman–Crippen MR) is 247 cm³/mol. The predicted octanol–water partition coefficient (Wildman–Crippen LogP) is 7.70. The minimum absolute atomic E-state index is 0.0338. The molecule has 2 aromatic heterocycles. The Morgan fingerprint density at radius 2 is 1.73 bits per heavy atom. The summed E-state index contributed by atoms with van der Waals surface area (Å²) in [4.78, 5) is 70.0. The Morgan fingerprint density at radius 1 is 1.03 bits per heavy atom. The second-order valence-corrected chi connectivity index (χ2v) is 24.0. The summed E-state index contributed by atoms with van der Waals surface area (Å²) in [5.41, 5.74) is 0.336. The summed E-state index contributed by atoms with van der Waals surface area (Å²) in [7, 11) is -4.10. The van der Waals surface area contributed by atoms with Crippen molar-refractivity contribution >= 4 is 56.2 Å².